The Morgan fingerprint density at radius 3 is 2.64 bits per heavy atom. The summed E-state index contributed by atoms with van der Waals surface area (Å²) in [4.78, 5) is 16.8. The van der Waals surface area contributed by atoms with Gasteiger partial charge in [0, 0.05) is 0 Å². The van der Waals surface area contributed by atoms with E-state index in [0.717, 1.165) is 12.8 Å². The number of hydroxylamine groups is 2. The number of carbonyl (C=O) groups excluding carboxylic acids is 1. The van der Waals surface area contributed by atoms with Crippen molar-refractivity contribution in [3.05, 3.63) is 12.7 Å². The highest BCUT2D eigenvalue weighted by Crippen LogP contribution is 2.22. The molecule has 1 aliphatic carbocycles. The predicted octanol–water partition coefficient (Wildman–Crippen LogP) is 2.29. The van der Waals surface area contributed by atoms with Crippen LogP contribution in [0.5, 0.6) is 0 Å². The van der Waals surface area contributed by atoms with E-state index in [1.165, 1.54) is 30.4 Å². The number of hydrogen-bond acceptors (Lipinski definition) is 2. The number of amides is 1. The lowest BCUT2D eigenvalue weighted by molar-refractivity contribution is -0.196. The Hall–Kier alpha value is -0.830. The molecule has 0 unspecified atom stereocenters. The second-order valence-electron chi connectivity index (χ2n) is 3.58. The van der Waals surface area contributed by atoms with Crippen LogP contribution in [-0.4, -0.2) is 23.6 Å². The monoisotopic (exact) mass is 197 g/mol. The zero-order valence-electron chi connectivity index (χ0n) is 8.87. The molecular formula is C11H19NO2. The lowest BCUT2D eigenvalue weighted by Crippen LogP contribution is -2.40. The Morgan fingerprint density at radius 1 is 1.50 bits per heavy atom. The maximum absolute atomic E-state index is 11.5. The molecule has 0 spiro atoms. The largest absolute Gasteiger partial charge is 0.271 e. The first kappa shape index (κ1) is 11.2. The Balaban J connectivity index is 2.55. The summed E-state index contributed by atoms with van der Waals surface area (Å²) in [7, 11) is 0. The van der Waals surface area contributed by atoms with E-state index >= 15 is 0 Å². The van der Waals surface area contributed by atoms with E-state index in [1.807, 2.05) is 6.92 Å². The molecule has 80 valence electrons. The van der Waals surface area contributed by atoms with Gasteiger partial charge in [0.2, 0.25) is 0 Å². The summed E-state index contributed by atoms with van der Waals surface area (Å²) in [6, 6.07) is 0.259. The van der Waals surface area contributed by atoms with Gasteiger partial charge in [-0.05, 0) is 25.8 Å². The van der Waals surface area contributed by atoms with Gasteiger partial charge in [0.1, 0.15) is 0 Å². The third-order valence-electron chi connectivity index (χ3n) is 2.57. The zero-order chi connectivity index (χ0) is 10.4. The molecule has 0 aliphatic heterocycles. The van der Waals surface area contributed by atoms with Crippen molar-refractivity contribution in [3.63, 3.8) is 0 Å². The Bertz CT molecular complexity index is 197. The average Bonchev–Trinajstić information content (AvgIpc) is 2.26. The first-order valence-corrected chi connectivity index (χ1v) is 5.38. The average molecular weight is 197 g/mol. The first-order chi connectivity index (χ1) is 6.79. The van der Waals surface area contributed by atoms with E-state index in [-0.39, 0.29) is 11.9 Å². The van der Waals surface area contributed by atoms with Crippen molar-refractivity contribution < 1.29 is 9.63 Å². The lowest BCUT2D eigenvalue weighted by atomic mass is 9.95. The summed E-state index contributed by atoms with van der Waals surface area (Å²) in [5.74, 6) is -0.112. The number of carbonyl (C=O) groups is 1. The fraction of sp³-hybridized carbons (Fsp3) is 0.727. The SMILES string of the molecule is C=CC(=O)N(OCC)C1CCCCC1. The molecule has 0 aromatic rings. The van der Waals surface area contributed by atoms with Gasteiger partial charge in [-0.3, -0.25) is 9.63 Å². The Kier molecular flexibility index (Phi) is 4.66. The molecule has 1 saturated carbocycles. The van der Waals surface area contributed by atoms with Crippen LogP contribution < -0.4 is 0 Å². The summed E-state index contributed by atoms with van der Waals surface area (Å²) >= 11 is 0. The van der Waals surface area contributed by atoms with Crippen molar-refractivity contribution in [2.24, 2.45) is 0 Å². The van der Waals surface area contributed by atoms with E-state index in [9.17, 15) is 4.79 Å². The second-order valence-corrected chi connectivity index (χ2v) is 3.58. The summed E-state index contributed by atoms with van der Waals surface area (Å²) in [5, 5.41) is 1.51. The molecule has 1 aliphatic rings. The van der Waals surface area contributed by atoms with Crippen LogP contribution >= 0.6 is 0 Å². The van der Waals surface area contributed by atoms with Gasteiger partial charge in [-0.1, -0.05) is 25.8 Å². The highest BCUT2D eigenvalue weighted by molar-refractivity contribution is 5.86. The van der Waals surface area contributed by atoms with E-state index in [0.29, 0.717) is 6.61 Å². The molecule has 0 radical (unpaired) electrons. The van der Waals surface area contributed by atoms with Gasteiger partial charge in [0.05, 0.1) is 12.6 Å². The Morgan fingerprint density at radius 2 is 2.14 bits per heavy atom. The van der Waals surface area contributed by atoms with Gasteiger partial charge in [-0.25, -0.2) is 5.06 Å². The molecule has 0 heterocycles. The number of hydrogen-bond donors (Lipinski definition) is 0. The van der Waals surface area contributed by atoms with E-state index in [4.69, 9.17) is 4.84 Å². The minimum absolute atomic E-state index is 0.112. The summed E-state index contributed by atoms with van der Waals surface area (Å²) in [5.41, 5.74) is 0. The van der Waals surface area contributed by atoms with Gasteiger partial charge in [0.25, 0.3) is 5.91 Å². The fourth-order valence-corrected chi connectivity index (χ4v) is 1.89. The number of nitrogens with zero attached hydrogens (tertiary/aromatic N) is 1. The minimum Gasteiger partial charge on any atom is -0.271 e. The van der Waals surface area contributed by atoms with E-state index < -0.39 is 0 Å². The van der Waals surface area contributed by atoms with Gasteiger partial charge < -0.3 is 0 Å². The standard InChI is InChI=1S/C11H19NO2/c1-3-11(13)12(14-4-2)10-8-6-5-7-9-10/h3,10H,1,4-9H2,2H3. The topological polar surface area (TPSA) is 29.5 Å². The molecule has 3 heteroatoms. The van der Waals surface area contributed by atoms with Crippen LogP contribution in [0.15, 0.2) is 12.7 Å². The molecule has 0 aromatic heterocycles. The second kappa shape index (κ2) is 5.81. The molecule has 0 saturated heterocycles. The Labute approximate surface area is 85.7 Å². The summed E-state index contributed by atoms with van der Waals surface area (Å²) < 4.78 is 0. The first-order valence-electron chi connectivity index (χ1n) is 5.38. The maximum atomic E-state index is 11.5. The van der Waals surface area contributed by atoms with Crippen LogP contribution in [-0.2, 0) is 9.63 Å². The van der Waals surface area contributed by atoms with Crippen LogP contribution in [0.25, 0.3) is 0 Å². The van der Waals surface area contributed by atoms with Crippen molar-refractivity contribution >= 4 is 5.91 Å². The molecule has 0 N–H and O–H groups in total. The maximum Gasteiger partial charge on any atom is 0.269 e. The quantitative estimate of drug-likeness (QED) is 0.511. The molecule has 1 amide bonds. The number of rotatable bonds is 4. The van der Waals surface area contributed by atoms with Crippen molar-refractivity contribution in [1.82, 2.24) is 5.06 Å². The minimum atomic E-state index is -0.112. The summed E-state index contributed by atoms with van der Waals surface area (Å²) in [6.07, 6.45) is 7.10. The van der Waals surface area contributed by atoms with E-state index in [2.05, 4.69) is 6.58 Å². The fourth-order valence-electron chi connectivity index (χ4n) is 1.89. The highest BCUT2D eigenvalue weighted by atomic mass is 16.7. The van der Waals surface area contributed by atoms with Crippen molar-refractivity contribution in [3.8, 4) is 0 Å². The van der Waals surface area contributed by atoms with Gasteiger partial charge in [0.15, 0.2) is 0 Å². The molecule has 14 heavy (non-hydrogen) atoms. The molecule has 0 aromatic carbocycles. The van der Waals surface area contributed by atoms with Crippen molar-refractivity contribution in [2.75, 3.05) is 6.61 Å². The van der Waals surface area contributed by atoms with Crippen molar-refractivity contribution in [1.29, 1.82) is 0 Å². The molecule has 0 atom stereocenters. The van der Waals surface area contributed by atoms with Crippen LogP contribution in [0.1, 0.15) is 39.0 Å². The molecule has 0 bridgehead atoms. The molecule has 1 rings (SSSR count). The predicted molar refractivity (Wildman–Crippen MR) is 55.5 cm³/mol. The highest BCUT2D eigenvalue weighted by Gasteiger charge is 2.24. The van der Waals surface area contributed by atoms with E-state index in [1.54, 1.807) is 0 Å². The van der Waals surface area contributed by atoms with Crippen LogP contribution in [0.2, 0.25) is 0 Å². The molecule has 3 nitrogen and oxygen atoms in total. The lowest BCUT2D eigenvalue weighted by Gasteiger charge is -2.32. The molecule has 1 fully saturated rings. The summed E-state index contributed by atoms with van der Waals surface area (Å²) in [6.45, 7) is 5.92. The normalized spacial score (nSPS) is 17.8. The van der Waals surface area contributed by atoms with Crippen LogP contribution in [0.3, 0.4) is 0 Å². The van der Waals surface area contributed by atoms with Gasteiger partial charge >= 0.3 is 0 Å². The van der Waals surface area contributed by atoms with Crippen molar-refractivity contribution in [2.45, 2.75) is 45.1 Å². The van der Waals surface area contributed by atoms with Crippen LogP contribution in [0, 0.1) is 0 Å². The van der Waals surface area contributed by atoms with Gasteiger partial charge in [-0.15, -0.1) is 0 Å². The zero-order valence-corrected chi connectivity index (χ0v) is 8.87. The third kappa shape index (κ3) is 2.84. The van der Waals surface area contributed by atoms with Gasteiger partial charge in [-0.2, -0.15) is 0 Å². The van der Waals surface area contributed by atoms with Crippen LogP contribution in [0.4, 0.5) is 0 Å². The smallest absolute Gasteiger partial charge is 0.269 e. The third-order valence-corrected chi connectivity index (χ3v) is 2.57. The molecular weight excluding hydrogens is 178 g/mol.